The summed E-state index contributed by atoms with van der Waals surface area (Å²) in [4.78, 5) is 11.2. The maximum atomic E-state index is 11.2. The van der Waals surface area contributed by atoms with E-state index in [1.54, 1.807) is 6.92 Å². The highest BCUT2D eigenvalue weighted by molar-refractivity contribution is 5.97. The van der Waals surface area contributed by atoms with Crippen LogP contribution >= 0.6 is 0 Å². The van der Waals surface area contributed by atoms with Gasteiger partial charge in [-0.1, -0.05) is 31.2 Å². The standard InChI is InChI=1S/C11H14O/c1-3-10-7-5-4-6-8-11(10)9(2)12/h4-5,7-8H,3,6H2,1-2H3. The van der Waals surface area contributed by atoms with Gasteiger partial charge in [0.05, 0.1) is 0 Å². The van der Waals surface area contributed by atoms with E-state index in [1.165, 1.54) is 0 Å². The summed E-state index contributed by atoms with van der Waals surface area (Å²) in [6.45, 7) is 3.70. The molecule has 0 spiro atoms. The number of carbonyl (C=O) groups is 1. The van der Waals surface area contributed by atoms with E-state index in [1.807, 2.05) is 18.2 Å². The summed E-state index contributed by atoms with van der Waals surface area (Å²) in [7, 11) is 0. The molecule has 1 heteroatoms. The van der Waals surface area contributed by atoms with Crippen molar-refractivity contribution in [3.8, 4) is 0 Å². The molecule has 0 fully saturated rings. The molecule has 1 aliphatic carbocycles. The average molecular weight is 162 g/mol. The molecule has 64 valence electrons. The SMILES string of the molecule is CCC1=CC=CCC=C1C(C)=O. The van der Waals surface area contributed by atoms with Crippen LogP contribution in [0.5, 0.6) is 0 Å². The lowest BCUT2D eigenvalue weighted by Gasteiger charge is -2.04. The summed E-state index contributed by atoms with van der Waals surface area (Å²) < 4.78 is 0. The van der Waals surface area contributed by atoms with Gasteiger partial charge in [0.2, 0.25) is 0 Å². The van der Waals surface area contributed by atoms with E-state index in [4.69, 9.17) is 0 Å². The Morgan fingerprint density at radius 2 is 2.33 bits per heavy atom. The molecule has 1 aliphatic rings. The van der Waals surface area contributed by atoms with E-state index < -0.39 is 0 Å². The number of hydrogen-bond acceptors (Lipinski definition) is 1. The van der Waals surface area contributed by atoms with Crippen LogP contribution in [0, 0.1) is 0 Å². The predicted octanol–water partition coefficient (Wildman–Crippen LogP) is 2.80. The summed E-state index contributed by atoms with van der Waals surface area (Å²) in [6.07, 6.45) is 9.91. The van der Waals surface area contributed by atoms with Crippen LogP contribution in [0.15, 0.2) is 35.5 Å². The Kier molecular flexibility index (Phi) is 3.03. The lowest BCUT2D eigenvalue weighted by Crippen LogP contribution is -1.99. The van der Waals surface area contributed by atoms with Gasteiger partial charge in [0.25, 0.3) is 0 Å². The zero-order valence-corrected chi connectivity index (χ0v) is 7.63. The Balaban J connectivity index is 2.97. The number of rotatable bonds is 2. The second-order valence-corrected chi connectivity index (χ2v) is 2.88. The van der Waals surface area contributed by atoms with E-state index >= 15 is 0 Å². The van der Waals surface area contributed by atoms with Crippen molar-refractivity contribution in [1.29, 1.82) is 0 Å². The van der Waals surface area contributed by atoms with Gasteiger partial charge in [-0.2, -0.15) is 0 Å². The largest absolute Gasteiger partial charge is 0.295 e. The predicted molar refractivity (Wildman–Crippen MR) is 50.9 cm³/mol. The highest BCUT2D eigenvalue weighted by Crippen LogP contribution is 2.18. The van der Waals surface area contributed by atoms with Crippen molar-refractivity contribution in [2.75, 3.05) is 0 Å². The van der Waals surface area contributed by atoms with Crippen LogP contribution in [0.25, 0.3) is 0 Å². The van der Waals surface area contributed by atoms with Crippen molar-refractivity contribution < 1.29 is 4.79 Å². The third-order valence-corrected chi connectivity index (χ3v) is 2.00. The second-order valence-electron chi connectivity index (χ2n) is 2.88. The zero-order chi connectivity index (χ0) is 8.97. The molecule has 1 nitrogen and oxygen atoms in total. The first-order valence-corrected chi connectivity index (χ1v) is 4.33. The molecule has 0 heterocycles. The Morgan fingerprint density at radius 3 is 2.92 bits per heavy atom. The minimum Gasteiger partial charge on any atom is -0.295 e. The van der Waals surface area contributed by atoms with Crippen LogP contribution in [0.1, 0.15) is 26.7 Å². The van der Waals surface area contributed by atoms with Gasteiger partial charge < -0.3 is 0 Å². The van der Waals surface area contributed by atoms with Crippen LogP contribution in [0.2, 0.25) is 0 Å². The Morgan fingerprint density at radius 1 is 1.58 bits per heavy atom. The summed E-state index contributed by atoms with van der Waals surface area (Å²) in [5.74, 6) is 0.173. The number of carbonyl (C=O) groups excluding carboxylic acids is 1. The lowest BCUT2D eigenvalue weighted by atomic mass is 10.0. The van der Waals surface area contributed by atoms with Gasteiger partial charge in [-0.05, 0) is 25.3 Å². The number of Topliss-reactive ketones (excluding diaryl/α,β-unsaturated/α-hetero) is 1. The molecule has 0 bridgehead atoms. The molecule has 1 rings (SSSR count). The zero-order valence-electron chi connectivity index (χ0n) is 7.63. The molecule has 0 saturated heterocycles. The summed E-state index contributed by atoms with van der Waals surface area (Å²) in [5, 5.41) is 0. The molecule has 0 aliphatic heterocycles. The molecule has 0 radical (unpaired) electrons. The fourth-order valence-corrected chi connectivity index (χ4v) is 1.35. The molecule has 0 atom stereocenters. The van der Waals surface area contributed by atoms with E-state index in [0.29, 0.717) is 0 Å². The molecule has 0 aromatic carbocycles. The fourth-order valence-electron chi connectivity index (χ4n) is 1.35. The first-order valence-electron chi connectivity index (χ1n) is 4.33. The summed E-state index contributed by atoms with van der Waals surface area (Å²) in [5.41, 5.74) is 2.04. The quantitative estimate of drug-likeness (QED) is 0.610. The van der Waals surface area contributed by atoms with Gasteiger partial charge in [-0.25, -0.2) is 0 Å². The molecule has 0 unspecified atom stereocenters. The van der Waals surface area contributed by atoms with Gasteiger partial charge in [-0.15, -0.1) is 0 Å². The van der Waals surface area contributed by atoms with Gasteiger partial charge in [0.15, 0.2) is 5.78 Å². The van der Waals surface area contributed by atoms with Crippen molar-refractivity contribution in [2.45, 2.75) is 26.7 Å². The Bertz CT molecular complexity index is 267. The highest BCUT2D eigenvalue weighted by Gasteiger charge is 2.07. The molecular formula is C11H14O. The smallest absolute Gasteiger partial charge is 0.159 e. The van der Waals surface area contributed by atoms with Gasteiger partial charge in [0.1, 0.15) is 0 Å². The van der Waals surface area contributed by atoms with Crippen LogP contribution in [0.3, 0.4) is 0 Å². The molecular weight excluding hydrogens is 148 g/mol. The second kappa shape index (κ2) is 4.05. The van der Waals surface area contributed by atoms with Gasteiger partial charge in [-0.3, -0.25) is 4.79 Å². The van der Waals surface area contributed by atoms with Crippen molar-refractivity contribution in [2.24, 2.45) is 0 Å². The maximum Gasteiger partial charge on any atom is 0.159 e. The summed E-state index contributed by atoms with van der Waals surface area (Å²) >= 11 is 0. The monoisotopic (exact) mass is 162 g/mol. The van der Waals surface area contributed by atoms with E-state index in [2.05, 4.69) is 13.0 Å². The van der Waals surface area contributed by atoms with E-state index in [-0.39, 0.29) is 5.78 Å². The number of allylic oxidation sites excluding steroid dienone is 6. The number of ketones is 1. The normalized spacial score (nSPS) is 16.5. The van der Waals surface area contributed by atoms with Gasteiger partial charge >= 0.3 is 0 Å². The maximum absolute atomic E-state index is 11.2. The molecule has 0 amide bonds. The lowest BCUT2D eigenvalue weighted by molar-refractivity contribution is -0.113. The van der Waals surface area contributed by atoms with Crippen LogP contribution < -0.4 is 0 Å². The molecule has 0 aromatic heterocycles. The highest BCUT2D eigenvalue weighted by atomic mass is 16.1. The molecule has 0 saturated carbocycles. The summed E-state index contributed by atoms with van der Waals surface area (Å²) in [6, 6.07) is 0. The molecule has 0 N–H and O–H groups in total. The minimum absolute atomic E-state index is 0.173. The first-order chi connectivity index (χ1) is 5.75. The van der Waals surface area contributed by atoms with E-state index in [9.17, 15) is 4.79 Å². The number of hydrogen-bond donors (Lipinski definition) is 0. The fraction of sp³-hybridized carbons (Fsp3) is 0.364. The van der Waals surface area contributed by atoms with Gasteiger partial charge in [0, 0.05) is 5.57 Å². The molecule has 12 heavy (non-hydrogen) atoms. The van der Waals surface area contributed by atoms with Crippen molar-refractivity contribution in [3.05, 3.63) is 35.5 Å². The van der Waals surface area contributed by atoms with Crippen LogP contribution in [-0.4, -0.2) is 5.78 Å². The van der Waals surface area contributed by atoms with Crippen molar-refractivity contribution >= 4 is 5.78 Å². The third-order valence-electron chi connectivity index (χ3n) is 2.00. The molecule has 0 aromatic rings. The topological polar surface area (TPSA) is 17.1 Å². The van der Waals surface area contributed by atoms with E-state index in [0.717, 1.165) is 24.0 Å². The van der Waals surface area contributed by atoms with Crippen molar-refractivity contribution in [3.63, 3.8) is 0 Å². The Hall–Kier alpha value is -1.11. The minimum atomic E-state index is 0.173. The average Bonchev–Trinajstić information content (AvgIpc) is 2.27. The van der Waals surface area contributed by atoms with Crippen LogP contribution in [0.4, 0.5) is 0 Å². The van der Waals surface area contributed by atoms with Crippen molar-refractivity contribution in [1.82, 2.24) is 0 Å². The third kappa shape index (κ3) is 1.94. The first kappa shape index (κ1) is 8.98. The van der Waals surface area contributed by atoms with Crippen LogP contribution in [-0.2, 0) is 4.79 Å². The Labute approximate surface area is 73.5 Å².